The van der Waals surface area contributed by atoms with Gasteiger partial charge in [0.05, 0.1) is 12.6 Å². The van der Waals surface area contributed by atoms with E-state index in [1.54, 1.807) is 0 Å². The number of amides is 1. The quantitative estimate of drug-likeness (QED) is 0.626. The van der Waals surface area contributed by atoms with E-state index < -0.39 is 0 Å². The van der Waals surface area contributed by atoms with E-state index in [1.807, 2.05) is 0 Å². The summed E-state index contributed by atoms with van der Waals surface area (Å²) in [7, 11) is 0. The number of hydrogen-bond donors (Lipinski definition) is 2. The number of aliphatic hydroxyl groups is 1. The van der Waals surface area contributed by atoms with Crippen LogP contribution in [0.15, 0.2) is 0 Å². The highest BCUT2D eigenvalue weighted by molar-refractivity contribution is 5.77. The molecule has 0 spiro atoms. The Morgan fingerprint density at radius 2 is 1.86 bits per heavy atom. The van der Waals surface area contributed by atoms with Crippen molar-refractivity contribution in [2.75, 3.05) is 65.4 Å². The van der Waals surface area contributed by atoms with Gasteiger partial charge >= 0.3 is 0 Å². The first kappa shape index (κ1) is 17.7. The lowest BCUT2D eigenvalue weighted by Gasteiger charge is -2.33. The highest BCUT2D eigenvalue weighted by Crippen LogP contribution is 2.09. The summed E-state index contributed by atoms with van der Waals surface area (Å²) in [6, 6.07) is 0. The predicted molar refractivity (Wildman–Crippen MR) is 87.9 cm³/mol. The van der Waals surface area contributed by atoms with E-state index in [1.165, 1.54) is 0 Å². The average Bonchev–Trinajstić information content (AvgIpc) is 2.52. The third-order valence-corrected chi connectivity index (χ3v) is 4.73. The largest absolute Gasteiger partial charge is 0.392 e. The summed E-state index contributed by atoms with van der Waals surface area (Å²) in [6.45, 7) is 11.5. The number of β-amino-alcohol motifs (C(OH)–C–C–N with tert-alkyl or cyclic N) is 1. The SMILES string of the molecule is CCN1CCN(CC(=O)NCCCN2CCCC(O)C2)CC1. The van der Waals surface area contributed by atoms with Crippen molar-refractivity contribution in [1.29, 1.82) is 0 Å². The van der Waals surface area contributed by atoms with Gasteiger partial charge in [-0.3, -0.25) is 9.69 Å². The van der Waals surface area contributed by atoms with Crippen LogP contribution < -0.4 is 5.32 Å². The van der Waals surface area contributed by atoms with Crippen LogP contribution in [0, 0.1) is 0 Å². The van der Waals surface area contributed by atoms with Crippen LogP contribution in [0.5, 0.6) is 0 Å². The molecule has 6 heteroatoms. The Morgan fingerprint density at radius 1 is 1.14 bits per heavy atom. The molecule has 1 amide bonds. The van der Waals surface area contributed by atoms with Crippen LogP contribution in [-0.2, 0) is 4.79 Å². The molecule has 0 saturated carbocycles. The third kappa shape index (κ3) is 6.20. The number of hydrogen-bond acceptors (Lipinski definition) is 5. The van der Waals surface area contributed by atoms with Crippen LogP contribution in [-0.4, -0.2) is 97.3 Å². The van der Waals surface area contributed by atoms with Gasteiger partial charge in [-0.1, -0.05) is 6.92 Å². The fourth-order valence-corrected chi connectivity index (χ4v) is 3.29. The van der Waals surface area contributed by atoms with E-state index in [2.05, 4.69) is 26.9 Å². The van der Waals surface area contributed by atoms with Gasteiger partial charge in [0.25, 0.3) is 0 Å². The van der Waals surface area contributed by atoms with Crippen molar-refractivity contribution in [3.8, 4) is 0 Å². The molecule has 1 atom stereocenters. The van der Waals surface area contributed by atoms with Gasteiger partial charge in [-0.25, -0.2) is 0 Å². The lowest BCUT2D eigenvalue weighted by Crippen LogP contribution is -2.49. The molecule has 128 valence electrons. The summed E-state index contributed by atoms with van der Waals surface area (Å²) in [4.78, 5) is 18.9. The Labute approximate surface area is 134 Å². The maximum Gasteiger partial charge on any atom is 0.234 e. The van der Waals surface area contributed by atoms with Gasteiger partial charge in [0.1, 0.15) is 0 Å². The summed E-state index contributed by atoms with van der Waals surface area (Å²) in [5.74, 6) is 0.142. The van der Waals surface area contributed by atoms with Crippen LogP contribution in [0.4, 0.5) is 0 Å². The second kappa shape index (κ2) is 9.45. The van der Waals surface area contributed by atoms with Crippen molar-refractivity contribution in [3.05, 3.63) is 0 Å². The van der Waals surface area contributed by atoms with E-state index in [-0.39, 0.29) is 12.0 Å². The first-order valence-corrected chi connectivity index (χ1v) is 8.79. The van der Waals surface area contributed by atoms with E-state index in [9.17, 15) is 9.90 Å². The van der Waals surface area contributed by atoms with Gasteiger partial charge in [0, 0.05) is 39.3 Å². The molecule has 0 radical (unpaired) electrons. The minimum atomic E-state index is -0.162. The first-order valence-electron chi connectivity index (χ1n) is 8.79. The van der Waals surface area contributed by atoms with Crippen molar-refractivity contribution >= 4 is 5.91 Å². The lowest BCUT2D eigenvalue weighted by molar-refractivity contribution is -0.122. The zero-order chi connectivity index (χ0) is 15.8. The molecule has 2 N–H and O–H groups in total. The van der Waals surface area contributed by atoms with Crippen molar-refractivity contribution in [2.24, 2.45) is 0 Å². The molecule has 2 saturated heterocycles. The van der Waals surface area contributed by atoms with Crippen molar-refractivity contribution in [1.82, 2.24) is 20.0 Å². The number of aliphatic hydroxyl groups excluding tert-OH is 1. The number of carbonyl (C=O) groups is 1. The number of nitrogens with zero attached hydrogens (tertiary/aromatic N) is 3. The summed E-state index contributed by atoms with van der Waals surface area (Å²) >= 11 is 0. The Kier molecular flexibility index (Phi) is 7.59. The second-order valence-corrected chi connectivity index (χ2v) is 6.51. The molecule has 0 aromatic heterocycles. The summed E-state index contributed by atoms with van der Waals surface area (Å²) in [5.41, 5.74) is 0. The summed E-state index contributed by atoms with van der Waals surface area (Å²) in [5, 5.41) is 12.6. The molecule has 2 aliphatic rings. The van der Waals surface area contributed by atoms with Crippen LogP contribution in [0.25, 0.3) is 0 Å². The van der Waals surface area contributed by atoms with Gasteiger partial charge in [0.2, 0.25) is 5.91 Å². The van der Waals surface area contributed by atoms with Gasteiger partial charge in [-0.2, -0.15) is 0 Å². The molecule has 1 unspecified atom stereocenters. The first-order chi connectivity index (χ1) is 10.7. The molecular weight excluding hydrogens is 280 g/mol. The normalized spacial score (nSPS) is 25.3. The van der Waals surface area contributed by atoms with E-state index in [0.29, 0.717) is 6.54 Å². The second-order valence-electron chi connectivity index (χ2n) is 6.51. The standard InChI is InChI=1S/C16H32N4O2/c1-2-18-9-11-20(12-10-18)14-16(22)17-6-4-8-19-7-3-5-15(21)13-19/h15,21H,2-14H2,1H3,(H,17,22). The Bertz CT molecular complexity index is 332. The number of likely N-dealkylation sites (tertiary alicyclic amines) is 1. The van der Waals surface area contributed by atoms with E-state index >= 15 is 0 Å². The minimum Gasteiger partial charge on any atom is -0.392 e. The third-order valence-electron chi connectivity index (χ3n) is 4.73. The number of likely N-dealkylation sites (N-methyl/N-ethyl adjacent to an activating group) is 1. The van der Waals surface area contributed by atoms with Crippen molar-refractivity contribution in [2.45, 2.75) is 32.3 Å². The highest BCUT2D eigenvalue weighted by atomic mass is 16.3. The van der Waals surface area contributed by atoms with Crippen molar-refractivity contribution in [3.63, 3.8) is 0 Å². The number of nitrogens with one attached hydrogen (secondary N) is 1. The maximum atomic E-state index is 11.9. The fourth-order valence-electron chi connectivity index (χ4n) is 3.29. The van der Waals surface area contributed by atoms with Crippen LogP contribution in [0.3, 0.4) is 0 Å². The molecular formula is C16H32N4O2. The number of rotatable bonds is 7. The molecule has 6 nitrogen and oxygen atoms in total. The summed E-state index contributed by atoms with van der Waals surface area (Å²) in [6.07, 6.45) is 2.81. The molecule has 2 heterocycles. The topological polar surface area (TPSA) is 59.0 Å². The molecule has 2 aliphatic heterocycles. The fraction of sp³-hybridized carbons (Fsp3) is 0.938. The van der Waals surface area contributed by atoms with Gasteiger partial charge < -0.3 is 20.2 Å². The number of piperidine rings is 1. The van der Waals surface area contributed by atoms with Crippen molar-refractivity contribution < 1.29 is 9.90 Å². The molecule has 2 rings (SSSR count). The van der Waals surface area contributed by atoms with Gasteiger partial charge in [0.15, 0.2) is 0 Å². The monoisotopic (exact) mass is 312 g/mol. The zero-order valence-electron chi connectivity index (χ0n) is 14.0. The molecule has 22 heavy (non-hydrogen) atoms. The predicted octanol–water partition coefficient (Wildman–Crippen LogP) is -0.413. The van der Waals surface area contributed by atoms with E-state index in [0.717, 1.165) is 78.2 Å². The van der Waals surface area contributed by atoms with Crippen LogP contribution in [0.2, 0.25) is 0 Å². The Balaban J connectivity index is 1.51. The Hall–Kier alpha value is -0.690. The number of carbonyl (C=O) groups excluding carboxylic acids is 1. The van der Waals surface area contributed by atoms with Gasteiger partial charge in [-0.05, 0) is 38.9 Å². The highest BCUT2D eigenvalue weighted by Gasteiger charge is 2.18. The maximum absolute atomic E-state index is 11.9. The minimum absolute atomic E-state index is 0.142. The summed E-state index contributed by atoms with van der Waals surface area (Å²) < 4.78 is 0. The number of piperazine rings is 1. The lowest BCUT2D eigenvalue weighted by atomic mass is 10.1. The van der Waals surface area contributed by atoms with Gasteiger partial charge in [-0.15, -0.1) is 0 Å². The zero-order valence-corrected chi connectivity index (χ0v) is 14.0. The average molecular weight is 312 g/mol. The molecule has 0 bridgehead atoms. The smallest absolute Gasteiger partial charge is 0.234 e. The molecule has 0 aliphatic carbocycles. The molecule has 0 aromatic carbocycles. The molecule has 0 aromatic rings. The van der Waals surface area contributed by atoms with E-state index in [4.69, 9.17) is 0 Å². The van der Waals surface area contributed by atoms with Crippen LogP contribution >= 0.6 is 0 Å². The Morgan fingerprint density at radius 3 is 2.55 bits per heavy atom. The molecule has 2 fully saturated rings. The van der Waals surface area contributed by atoms with Crippen LogP contribution in [0.1, 0.15) is 26.2 Å².